The Morgan fingerprint density at radius 2 is 1.68 bits per heavy atom. The molecule has 0 saturated carbocycles. The van der Waals surface area contributed by atoms with E-state index in [-0.39, 0.29) is 10.7 Å². The van der Waals surface area contributed by atoms with Crippen LogP contribution in [0.1, 0.15) is 5.69 Å². The molecule has 1 aliphatic heterocycles. The average Bonchev–Trinajstić information content (AvgIpc) is 3.14. The Morgan fingerprint density at radius 3 is 2.43 bits per heavy atom. The summed E-state index contributed by atoms with van der Waals surface area (Å²) in [7, 11) is 0. The van der Waals surface area contributed by atoms with Gasteiger partial charge in [0.1, 0.15) is 5.57 Å². The van der Waals surface area contributed by atoms with E-state index in [0.29, 0.717) is 11.4 Å². The number of hydrogen-bond acceptors (Lipinski definition) is 3. The van der Waals surface area contributed by atoms with Crippen LogP contribution in [-0.2, 0) is 9.59 Å². The molecule has 28 heavy (non-hydrogen) atoms. The van der Waals surface area contributed by atoms with Crippen LogP contribution in [0.2, 0.25) is 0 Å². The average molecular weight is 452 g/mol. The first-order chi connectivity index (χ1) is 13.5. The van der Waals surface area contributed by atoms with Crippen LogP contribution in [0.25, 0.3) is 11.8 Å². The van der Waals surface area contributed by atoms with Gasteiger partial charge in [0.2, 0.25) is 0 Å². The van der Waals surface area contributed by atoms with Crippen molar-refractivity contribution >= 4 is 56.8 Å². The fraction of sp³-hybridized carbons (Fsp3) is 0. The van der Waals surface area contributed by atoms with Crippen molar-refractivity contribution in [1.29, 1.82) is 0 Å². The van der Waals surface area contributed by atoms with Gasteiger partial charge in [-0.25, -0.2) is 0 Å². The molecule has 1 saturated heterocycles. The van der Waals surface area contributed by atoms with E-state index in [1.165, 1.54) is 4.90 Å². The third-order valence-corrected chi connectivity index (χ3v) is 5.05. The molecule has 1 N–H and O–H groups in total. The van der Waals surface area contributed by atoms with Crippen LogP contribution in [0.15, 0.2) is 83.0 Å². The third kappa shape index (κ3) is 3.42. The molecule has 0 bridgehead atoms. The van der Waals surface area contributed by atoms with Gasteiger partial charge in [0, 0.05) is 22.1 Å². The summed E-state index contributed by atoms with van der Waals surface area (Å²) < 4.78 is 2.71. The fourth-order valence-electron chi connectivity index (χ4n) is 2.99. The van der Waals surface area contributed by atoms with Crippen LogP contribution in [0.5, 0.6) is 0 Å². The molecule has 1 aromatic heterocycles. The zero-order valence-corrected chi connectivity index (χ0v) is 16.9. The minimum absolute atomic E-state index is 0.0180. The number of nitrogens with one attached hydrogen (secondary N) is 1. The molecule has 5 nitrogen and oxygen atoms in total. The lowest BCUT2D eigenvalue weighted by Gasteiger charge is -2.29. The lowest BCUT2D eigenvalue weighted by molar-refractivity contribution is -0.122. The Balaban J connectivity index is 1.76. The van der Waals surface area contributed by atoms with Crippen molar-refractivity contribution < 1.29 is 9.59 Å². The van der Waals surface area contributed by atoms with Gasteiger partial charge in [-0.15, -0.1) is 0 Å². The molecule has 1 fully saturated rings. The van der Waals surface area contributed by atoms with Crippen LogP contribution < -0.4 is 10.2 Å². The van der Waals surface area contributed by atoms with Gasteiger partial charge in [0.05, 0.1) is 5.69 Å². The highest BCUT2D eigenvalue weighted by atomic mass is 79.9. The molecule has 4 rings (SSSR count). The van der Waals surface area contributed by atoms with Crippen LogP contribution in [0.4, 0.5) is 5.69 Å². The molecule has 0 radical (unpaired) electrons. The second-order valence-corrected chi connectivity index (χ2v) is 7.38. The van der Waals surface area contributed by atoms with E-state index in [2.05, 4.69) is 21.2 Å². The van der Waals surface area contributed by atoms with Crippen molar-refractivity contribution in [3.63, 3.8) is 0 Å². The molecule has 0 atom stereocenters. The number of rotatable bonds is 3. The van der Waals surface area contributed by atoms with Gasteiger partial charge >= 0.3 is 0 Å². The molecule has 3 aromatic rings. The van der Waals surface area contributed by atoms with Crippen LogP contribution in [0.3, 0.4) is 0 Å². The summed E-state index contributed by atoms with van der Waals surface area (Å²) in [6.45, 7) is 0. The number of thiocarbonyl (C=S) groups is 1. The van der Waals surface area contributed by atoms with E-state index < -0.39 is 11.8 Å². The number of amides is 2. The van der Waals surface area contributed by atoms with E-state index in [0.717, 1.165) is 10.2 Å². The van der Waals surface area contributed by atoms with Crippen molar-refractivity contribution in [2.24, 2.45) is 0 Å². The first-order valence-electron chi connectivity index (χ1n) is 8.44. The van der Waals surface area contributed by atoms with Gasteiger partial charge < -0.3 is 4.57 Å². The number of carbonyl (C=O) groups excluding carboxylic acids is 2. The molecule has 7 heteroatoms. The maximum Gasteiger partial charge on any atom is 0.270 e. The summed E-state index contributed by atoms with van der Waals surface area (Å²) in [6.07, 6.45) is 3.46. The standard InChI is InChI=1S/C21H14BrN3O2S/c22-14-6-4-9-17(12-14)25-20(27)18(19(26)23-21(25)28)13-16-10-5-11-24(16)15-7-2-1-3-8-15/h1-13H,(H,23,26,28)/b18-13+. The molecule has 0 spiro atoms. The predicted molar refractivity (Wildman–Crippen MR) is 116 cm³/mol. The molecule has 0 aliphatic carbocycles. The normalized spacial score (nSPS) is 15.8. The smallest absolute Gasteiger partial charge is 0.270 e. The SMILES string of the molecule is O=C1NC(=S)N(c2cccc(Br)c2)C(=O)/C1=C/c1cccn1-c1ccccc1. The third-order valence-electron chi connectivity index (χ3n) is 4.27. The number of nitrogens with zero attached hydrogens (tertiary/aromatic N) is 2. The molecule has 0 unspecified atom stereocenters. The van der Waals surface area contributed by atoms with Gasteiger partial charge in [-0.3, -0.25) is 19.8 Å². The zero-order valence-electron chi connectivity index (χ0n) is 14.5. The Kier molecular flexibility index (Phi) is 4.93. The van der Waals surface area contributed by atoms with E-state index in [4.69, 9.17) is 12.2 Å². The molecule has 2 heterocycles. The maximum atomic E-state index is 13.1. The zero-order chi connectivity index (χ0) is 19.7. The van der Waals surface area contributed by atoms with Crippen molar-refractivity contribution in [1.82, 2.24) is 9.88 Å². The molecular weight excluding hydrogens is 438 g/mol. The number of hydrogen-bond donors (Lipinski definition) is 1. The number of carbonyl (C=O) groups is 2. The Labute approximate surface area is 175 Å². The van der Waals surface area contributed by atoms with Crippen LogP contribution >= 0.6 is 28.1 Å². The number of aromatic nitrogens is 1. The Morgan fingerprint density at radius 1 is 0.929 bits per heavy atom. The Bertz CT molecular complexity index is 1120. The molecule has 2 amide bonds. The summed E-state index contributed by atoms with van der Waals surface area (Å²) >= 11 is 8.63. The van der Waals surface area contributed by atoms with E-state index >= 15 is 0 Å². The first-order valence-corrected chi connectivity index (χ1v) is 9.64. The summed E-state index contributed by atoms with van der Waals surface area (Å²) in [4.78, 5) is 26.9. The fourth-order valence-corrected chi connectivity index (χ4v) is 3.66. The minimum atomic E-state index is -0.512. The number of anilines is 1. The van der Waals surface area contributed by atoms with Gasteiger partial charge in [-0.2, -0.15) is 0 Å². The summed E-state index contributed by atoms with van der Waals surface area (Å²) in [5, 5.41) is 2.66. The van der Waals surface area contributed by atoms with Gasteiger partial charge in [-0.05, 0) is 60.8 Å². The number of benzene rings is 2. The largest absolute Gasteiger partial charge is 0.317 e. The van der Waals surface area contributed by atoms with Crippen LogP contribution in [0, 0.1) is 0 Å². The number of para-hydroxylation sites is 1. The maximum absolute atomic E-state index is 13.1. The lowest BCUT2D eigenvalue weighted by atomic mass is 10.1. The summed E-state index contributed by atoms with van der Waals surface area (Å²) in [5.41, 5.74) is 2.24. The molecular formula is C21H14BrN3O2S. The Hall–Kier alpha value is -3.03. The van der Waals surface area contributed by atoms with E-state index in [9.17, 15) is 9.59 Å². The molecule has 2 aromatic carbocycles. The topological polar surface area (TPSA) is 54.3 Å². The molecule has 1 aliphatic rings. The van der Waals surface area contributed by atoms with Crippen molar-refractivity contribution in [2.45, 2.75) is 0 Å². The quantitative estimate of drug-likeness (QED) is 0.371. The van der Waals surface area contributed by atoms with Gasteiger partial charge in [0.25, 0.3) is 11.8 Å². The molecule has 138 valence electrons. The van der Waals surface area contributed by atoms with Crippen molar-refractivity contribution in [3.8, 4) is 5.69 Å². The summed E-state index contributed by atoms with van der Waals surface area (Å²) in [5.74, 6) is -0.977. The minimum Gasteiger partial charge on any atom is -0.317 e. The van der Waals surface area contributed by atoms with Crippen LogP contribution in [-0.4, -0.2) is 21.5 Å². The van der Waals surface area contributed by atoms with Crippen molar-refractivity contribution in [3.05, 3.63) is 88.7 Å². The highest BCUT2D eigenvalue weighted by Crippen LogP contribution is 2.25. The van der Waals surface area contributed by atoms with Crippen molar-refractivity contribution in [2.75, 3.05) is 4.90 Å². The predicted octanol–water partition coefficient (Wildman–Crippen LogP) is 4.07. The number of halogens is 1. The van der Waals surface area contributed by atoms with Gasteiger partial charge in [0.15, 0.2) is 5.11 Å². The van der Waals surface area contributed by atoms with E-state index in [1.54, 1.807) is 24.3 Å². The van der Waals surface area contributed by atoms with E-state index in [1.807, 2.05) is 59.3 Å². The highest BCUT2D eigenvalue weighted by Gasteiger charge is 2.34. The lowest BCUT2D eigenvalue weighted by Crippen LogP contribution is -2.54. The highest BCUT2D eigenvalue weighted by molar-refractivity contribution is 9.10. The van der Waals surface area contributed by atoms with Gasteiger partial charge in [-0.1, -0.05) is 40.2 Å². The second-order valence-electron chi connectivity index (χ2n) is 6.08. The monoisotopic (exact) mass is 451 g/mol. The summed E-state index contributed by atoms with van der Waals surface area (Å²) in [6, 6.07) is 20.6. The first kappa shape index (κ1) is 18.3. The second kappa shape index (κ2) is 7.53.